The van der Waals surface area contributed by atoms with Gasteiger partial charge >= 0.3 is 0 Å². The maximum Gasteiger partial charge on any atom is 0.0522 e. The highest BCUT2D eigenvalue weighted by Gasteiger charge is 1.97. The molecule has 0 aliphatic heterocycles. The molecule has 3 nitrogen and oxygen atoms in total. The van der Waals surface area contributed by atoms with Crippen LogP contribution in [0.25, 0.3) is 0 Å². The van der Waals surface area contributed by atoms with Crippen molar-refractivity contribution in [3.63, 3.8) is 0 Å². The number of nitrogens with one attached hydrogen (secondary N) is 1. The topological polar surface area (TPSA) is 29.9 Å². The molecule has 0 saturated carbocycles. The monoisotopic (exact) mass is 229 g/mol. The Bertz CT molecular complexity index is 474. The van der Waals surface area contributed by atoms with E-state index in [1.54, 1.807) is 0 Å². The van der Waals surface area contributed by atoms with Gasteiger partial charge in [0, 0.05) is 25.5 Å². The van der Waals surface area contributed by atoms with Gasteiger partial charge in [0.05, 0.1) is 6.20 Å². The molecule has 0 aliphatic rings. The van der Waals surface area contributed by atoms with Crippen LogP contribution in [0.1, 0.15) is 18.1 Å². The minimum Gasteiger partial charge on any atom is -0.385 e. The number of aryl methyl sites for hydroxylation is 2. The summed E-state index contributed by atoms with van der Waals surface area (Å²) in [7, 11) is 1.95. The lowest BCUT2D eigenvalue weighted by atomic mass is 10.1. The highest BCUT2D eigenvalue weighted by molar-refractivity contribution is 5.45. The highest BCUT2D eigenvalue weighted by atomic mass is 15.2. The molecule has 1 aromatic carbocycles. The van der Waals surface area contributed by atoms with E-state index in [0.717, 1.165) is 19.4 Å². The van der Waals surface area contributed by atoms with Gasteiger partial charge in [0.1, 0.15) is 0 Å². The Morgan fingerprint density at radius 2 is 2.18 bits per heavy atom. The van der Waals surface area contributed by atoms with E-state index in [4.69, 9.17) is 0 Å². The summed E-state index contributed by atoms with van der Waals surface area (Å²) in [5.74, 6) is 0. The number of hydrogen-bond donors (Lipinski definition) is 1. The van der Waals surface area contributed by atoms with Crippen LogP contribution in [0.3, 0.4) is 0 Å². The van der Waals surface area contributed by atoms with Gasteiger partial charge in [-0.25, -0.2) is 0 Å². The predicted octanol–water partition coefficient (Wildman–Crippen LogP) is 2.64. The highest BCUT2D eigenvalue weighted by Crippen LogP contribution is 2.11. The van der Waals surface area contributed by atoms with E-state index in [1.807, 2.05) is 17.9 Å². The lowest BCUT2D eigenvalue weighted by Crippen LogP contribution is -2.04. The second kappa shape index (κ2) is 5.53. The van der Waals surface area contributed by atoms with E-state index < -0.39 is 0 Å². The van der Waals surface area contributed by atoms with Crippen LogP contribution in [0.15, 0.2) is 36.7 Å². The molecule has 3 heteroatoms. The number of rotatable bonds is 5. The number of aromatic nitrogens is 2. The van der Waals surface area contributed by atoms with E-state index in [0.29, 0.717) is 0 Å². The van der Waals surface area contributed by atoms with Crippen molar-refractivity contribution in [1.82, 2.24) is 9.78 Å². The first-order chi connectivity index (χ1) is 8.28. The molecule has 0 spiro atoms. The third-order valence-electron chi connectivity index (χ3n) is 2.84. The summed E-state index contributed by atoms with van der Waals surface area (Å²) in [5.41, 5.74) is 3.84. The fourth-order valence-corrected chi connectivity index (χ4v) is 1.85. The summed E-state index contributed by atoms with van der Waals surface area (Å²) in [4.78, 5) is 0. The normalized spacial score (nSPS) is 10.5. The zero-order valence-corrected chi connectivity index (χ0v) is 10.5. The zero-order valence-electron chi connectivity index (χ0n) is 10.5. The van der Waals surface area contributed by atoms with Crippen LogP contribution in [0.2, 0.25) is 0 Å². The molecule has 0 saturated heterocycles. The third-order valence-corrected chi connectivity index (χ3v) is 2.84. The minimum absolute atomic E-state index is 0.943. The Kier molecular flexibility index (Phi) is 3.81. The molecule has 0 unspecified atom stereocenters. The van der Waals surface area contributed by atoms with Crippen LogP contribution in [-0.2, 0) is 19.9 Å². The molecule has 0 amide bonds. The Hall–Kier alpha value is -1.77. The van der Waals surface area contributed by atoms with Crippen LogP contribution < -0.4 is 5.32 Å². The van der Waals surface area contributed by atoms with Gasteiger partial charge in [0.2, 0.25) is 0 Å². The van der Waals surface area contributed by atoms with Crippen LogP contribution in [-0.4, -0.2) is 16.3 Å². The number of benzene rings is 1. The molecule has 0 fully saturated rings. The Labute approximate surface area is 102 Å². The molecular weight excluding hydrogens is 210 g/mol. The standard InChI is InChI=1S/C14H19N3/c1-3-12-5-4-6-14(9-12)15-8-7-13-10-16-17(2)11-13/h4-6,9-11,15H,3,7-8H2,1-2H3. The van der Waals surface area contributed by atoms with Gasteiger partial charge in [-0.05, 0) is 36.1 Å². The SMILES string of the molecule is CCc1cccc(NCCc2cnn(C)c2)c1. The van der Waals surface area contributed by atoms with Crippen molar-refractivity contribution in [1.29, 1.82) is 0 Å². The van der Waals surface area contributed by atoms with E-state index in [-0.39, 0.29) is 0 Å². The van der Waals surface area contributed by atoms with E-state index in [9.17, 15) is 0 Å². The molecule has 1 N–H and O–H groups in total. The summed E-state index contributed by atoms with van der Waals surface area (Å²) in [5, 5.41) is 7.60. The lowest BCUT2D eigenvalue weighted by molar-refractivity contribution is 0.767. The fraction of sp³-hybridized carbons (Fsp3) is 0.357. The summed E-state index contributed by atoms with van der Waals surface area (Å²) < 4.78 is 1.84. The van der Waals surface area contributed by atoms with Crippen molar-refractivity contribution in [3.05, 3.63) is 47.8 Å². The van der Waals surface area contributed by atoms with Crippen molar-refractivity contribution >= 4 is 5.69 Å². The largest absolute Gasteiger partial charge is 0.385 e. The van der Waals surface area contributed by atoms with Gasteiger partial charge < -0.3 is 5.32 Å². The first kappa shape index (κ1) is 11.7. The van der Waals surface area contributed by atoms with Crippen LogP contribution in [0.5, 0.6) is 0 Å². The maximum atomic E-state index is 4.16. The van der Waals surface area contributed by atoms with Crippen LogP contribution >= 0.6 is 0 Å². The van der Waals surface area contributed by atoms with Gasteiger partial charge in [-0.15, -0.1) is 0 Å². The van der Waals surface area contributed by atoms with Gasteiger partial charge in [0.15, 0.2) is 0 Å². The molecule has 90 valence electrons. The average Bonchev–Trinajstić information content (AvgIpc) is 2.75. The molecule has 0 aliphatic carbocycles. The third kappa shape index (κ3) is 3.34. The number of hydrogen-bond acceptors (Lipinski definition) is 2. The molecule has 1 aromatic heterocycles. The Balaban J connectivity index is 1.85. The van der Waals surface area contributed by atoms with Gasteiger partial charge in [-0.2, -0.15) is 5.10 Å². The molecular formula is C14H19N3. The van der Waals surface area contributed by atoms with Crippen molar-refractivity contribution in [2.45, 2.75) is 19.8 Å². The zero-order chi connectivity index (χ0) is 12.1. The van der Waals surface area contributed by atoms with Gasteiger partial charge in [-0.3, -0.25) is 4.68 Å². The van der Waals surface area contributed by atoms with Crippen molar-refractivity contribution in [2.24, 2.45) is 7.05 Å². The molecule has 2 rings (SSSR count). The summed E-state index contributed by atoms with van der Waals surface area (Å²) in [6.07, 6.45) is 6.07. The molecule has 1 heterocycles. The molecule has 2 aromatic rings. The quantitative estimate of drug-likeness (QED) is 0.854. The number of anilines is 1. The maximum absolute atomic E-state index is 4.16. The van der Waals surface area contributed by atoms with Gasteiger partial charge in [-0.1, -0.05) is 19.1 Å². The summed E-state index contributed by atoms with van der Waals surface area (Å²) in [6, 6.07) is 8.59. The lowest BCUT2D eigenvalue weighted by Gasteiger charge is -2.06. The average molecular weight is 229 g/mol. The van der Waals surface area contributed by atoms with Crippen LogP contribution in [0, 0.1) is 0 Å². The van der Waals surface area contributed by atoms with Gasteiger partial charge in [0.25, 0.3) is 0 Å². The fourth-order valence-electron chi connectivity index (χ4n) is 1.85. The molecule has 17 heavy (non-hydrogen) atoms. The predicted molar refractivity (Wildman–Crippen MR) is 71.2 cm³/mol. The number of nitrogens with zero attached hydrogens (tertiary/aromatic N) is 2. The van der Waals surface area contributed by atoms with E-state index in [2.05, 4.69) is 47.8 Å². The summed E-state index contributed by atoms with van der Waals surface area (Å²) in [6.45, 7) is 3.12. The minimum atomic E-state index is 0.943. The Morgan fingerprint density at radius 3 is 2.88 bits per heavy atom. The van der Waals surface area contributed by atoms with Crippen molar-refractivity contribution in [2.75, 3.05) is 11.9 Å². The van der Waals surface area contributed by atoms with Crippen molar-refractivity contribution in [3.8, 4) is 0 Å². The van der Waals surface area contributed by atoms with Crippen LogP contribution in [0.4, 0.5) is 5.69 Å². The second-order valence-corrected chi connectivity index (χ2v) is 4.25. The first-order valence-corrected chi connectivity index (χ1v) is 6.08. The molecule has 0 radical (unpaired) electrons. The van der Waals surface area contributed by atoms with Crippen molar-refractivity contribution < 1.29 is 0 Å². The first-order valence-electron chi connectivity index (χ1n) is 6.08. The molecule has 0 bridgehead atoms. The second-order valence-electron chi connectivity index (χ2n) is 4.25. The van der Waals surface area contributed by atoms with E-state index >= 15 is 0 Å². The molecule has 0 atom stereocenters. The summed E-state index contributed by atoms with van der Waals surface area (Å²) >= 11 is 0. The Morgan fingerprint density at radius 1 is 1.29 bits per heavy atom. The smallest absolute Gasteiger partial charge is 0.0522 e. The van der Waals surface area contributed by atoms with E-state index in [1.165, 1.54) is 16.8 Å².